The van der Waals surface area contributed by atoms with Crippen LogP contribution < -0.4 is 5.32 Å². The van der Waals surface area contributed by atoms with E-state index >= 15 is 0 Å². The fourth-order valence-corrected chi connectivity index (χ4v) is 11.6. The molecule has 3 nitrogen and oxygen atoms in total. The molecule has 0 saturated heterocycles. The number of nitrogens with zero attached hydrogens (tertiary/aromatic N) is 2. The van der Waals surface area contributed by atoms with Gasteiger partial charge in [-0.15, -0.1) is 0 Å². The summed E-state index contributed by atoms with van der Waals surface area (Å²) in [7, 11) is 0. The number of aromatic nitrogens is 2. The van der Waals surface area contributed by atoms with Crippen molar-refractivity contribution in [2.75, 3.05) is 0 Å². The molecule has 74 heavy (non-hydrogen) atoms. The average Bonchev–Trinajstić information content (AvgIpc) is 4.02. The summed E-state index contributed by atoms with van der Waals surface area (Å²) in [6.07, 6.45) is 12.9. The summed E-state index contributed by atoms with van der Waals surface area (Å²) < 4.78 is 4.88. The number of fused-ring (bicyclic) bond motifs is 6. The molecule has 0 spiro atoms. The third-order valence-electron chi connectivity index (χ3n) is 15.3. The lowest BCUT2D eigenvalue weighted by Crippen LogP contribution is -2.36. The zero-order valence-corrected chi connectivity index (χ0v) is 40.8. The van der Waals surface area contributed by atoms with Crippen molar-refractivity contribution in [2.45, 2.75) is 12.5 Å². The van der Waals surface area contributed by atoms with Gasteiger partial charge in [0.15, 0.2) is 0 Å². The number of benzene rings is 10. The first-order valence-electron chi connectivity index (χ1n) is 25.8. The zero-order valence-electron chi connectivity index (χ0n) is 40.8. The third kappa shape index (κ3) is 7.78. The van der Waals surface area contributed by atoms with E-state index < -0.39 is 0 Å². The molecule has 1 aliphatic carbocycles. The van der Waals surface area contributed by atoms with Crippen LogP contribution in [0.5, 0.6) is 0 Å². The minimum Gasteiger partial charge on any atom is -0.364 e. The first-order chi connectivity index (χ1) is 36.7. The highest BCUT2D eigenvalue weighted by Crippen LogP contribution is 2.42. The van der Waals surface area contributed by atoms with Crippen LogP contribution >= 0.6 is 0 Å². The molecule has 0 saturated carbocycles. The van der Waals surface area contributed by atoms with Crippen LogP contribution in [0.1, 0.15) is 17.5 Å². The molecule has 3 heteroatoms. The van der Waals surface area contributed by atoms with E-state index in [9.17, 15) is 0 Å². The van der Waals surface area contributed by atoms with Gasteiger partial charge in [0.2, 0.25) is 0 Å². The van der Waals surface area contributed by atoms with Crippen molar-refractivity contribution >= 4 is 60.6 Å². The van der Waals surface area contributed by atoms with Crippen molar-refractivity contribution in [2.24, 2.45) is 5.92 Å². The van der Waals surface area contributed by atoms with E-state index in [0.29, 0.717) is 0 Å². The lowest BCUT2D eigenvalue weighted by molar-refractivity contribution is 0.523. The summed E-state index contributed by atoms with van der Waals surface area (Å²) in [6.45, 7) is 0. The van der Waals surface area contributed by atoms with Gasteiger partial charge in [0.25, 0.3) is 0 Å². The second-order valence-corrected chi connectivity index (χ2v) is 19.7. The van der Waals surface area contributed by atoms with E-state index in [0.717, 1.165) is 29.0 Å². The standard InChI is InChI=1S/C71H51N3/c1-6-16-48(17-7-1)52-26-28-54(29-27-52)60-46-66(55-32-30-53(31-33-55)49-18-8-2-9-19-49)72-71(47-60)74-69-40-35-57(51-22-12-4-13-23-51)43-64(69)65-45-59(37-41-70(65)74)58-36-39-68-63(44-58)62-42-56(50-20-10-3-11-21-50)34-38-67(62)73(68)61-24-14-5-15-25-61/h1-32,34-47,55,66,72H,33H2. The highest BCUT2D eigenvalue weighted by Gasteiger charge is 2.27. The average molecular weight is 946 g/mol. The quantitative estimate of drug-likeness (QED) is 0.153. The van der Waals surface area contributed by atoms with Gasteiger partial charge in [-0.2, -0.15) is 0 Å². The van der Waals surface area contributed by atoms with E-state index in [1.165, 1.54) is 99.4 Å². The number of para-hydroxylation sites is 1. The fraction of sp³-hybridized carbons (Fsp3) is 0.0423. The Morgan fingerprint density at radius 1 is 0.338 bits per heavy atom. The van der Waals surface area contributed by atoms with Gasteiger partial charge in [0.1, 0.15) is 5.82 Å². The molecule has 14 rings (SSSR count). The summed E-state index contributed by atoms with van der Waals surface area (Å²) in [5.74, 6) is 1.32. The van der Waals surface area contributed by atoms with Gasteiger partial charge >= 0.3 is 0 Å². The van der Waals surface area contributed by atoms with Crippen LogP contribution in [-0.2, 0) is 0 Å². The smallest absolute Gasteiger partial charge is 0.112 e. The summed E-state index contributed by atoms with van der Waals surface area (Å²) in [6, 6.07) is 90.8. The molecule has 2 aliphatic rings. The van der Waals surface area contributed by atoms with E-state index in [2.05, 4.69) is 294 Å². The largest absolute Gasteiger partial charge is 0.364 e. The molecule has 10 aromatic carbocycles. The van der Waals surface area contributed by atoms with Crippen molar-refractivity contribution in [1.29, 1.82) is 0 Å². The highest BCUT2D eigenvalue weighted by molar-refractivity contribution is 6.14. The van der Waals surface area contributed by atoms with Gasteiger partial charge in [-0.05, 0) is 140 Å². The monoisotopic (exact) mass is 945 g/mol. The molecule has 2 atom stereocenters. The Balaban J connectivity index is 0.923. The lowest BCUT2D eigenvalue weighted by Gasteiger charge is -2.31. The maximum atomic E-state index is 4.13. The number of rotatable bonds is 9. The van der Waals surface area contributed by atoms with Crippen molar-refractivity contribution in [1.82, 2.24) is 14.5 Å². The zero-order chi connectivity index (χ0) is 49.0. The number of nitrogens with one attached hydrogen (secondary N) is 1. The van der Waals surface area contributed by atoms with Crippen LogP contribution in [0.15, 0.2) is 279 Å². The summed E-state index contributed by atoms with van der Waals surface area (Å²) in [4.78, 5) is 0. The molecule has 3 heterocycles. The number of hydrogen-bond donors (Lipinski definition) is 1. The Kier molecular flexibility index (Phi) is 10.7. The molecular formula is C71H51N3. The molecule has 1 aliphatic heterocycles. The number of dihydropyridines is 1. The molecule has 1 N–H and O–H groups in total. The van der Waals surface area contributed by atoms with E-state index in [1.54, 1.807) is 0 Å². The van der Waals surface area contributed by atoms with Gasteiger partial charge in [0, 0.05) is 33.2 Å². The molecule has 2 aromatic heterocycles. The first kappa shape index (κ1) is 43.4. The molecule has 350 valence electrons. The van der Waals surface area contributed by atoms with Crippen molar-refractivity contribution in [3.05, 3.63) is 290 Å². The highest BCUT2D eigenvalue weighted by atomic mass is 15.2. The normalized spacial score (nSPS) is 15.5. The Labute approximate surface area is 431 Å². The summed E-state index contributed by atoms with van der Waals surface area (Å²) in [5.41, 5.74) is 20.4. The van der Waals surface area contributed by atoms with E-state index in [1.807, 2.05) is 0 Å². The van der Waals surface area contributed by atoms with Crippen molar-refractivity contribution in [3.8, 4) is 50.2 Å². The maximum Gasteiger partial charge on any atom is 0.112 e. The molecule has 0 fully saturated rings. The van der Waals surface area contributed by atoms with Crippen LogP contribution in [0.2, 0.25) is 0 Å². The summed E-state index contributed by atoms with van der Waals surface area (Å²) >= 11 is 0. The maximum absolute atomic E-state index is 4.13. The Bertz CT molecular complexity index is 4200. The van der Waals surface area contributed by atoms with Crippen molar-refractivity contribution in [3.63, 3.8) is 0 Å². The van der Waals surface area contributed by atoms with Crippen LogP contribution in [0.3, 0.4) is 0 Å². The third-order valence-corrected chi connectivity index (χ3v) is 15.3. The van der Waals surface area contributed by atoms with Crippen LogP contribution in [0, 0.1) is 5.92 Å². The van der Waals surface area contributed by atoms with Gasteiger partial charge in [-0.1, -0.05) is 212 Å². The second-order valence-electron chi connectivity index (χ2n) is 19.7. The summed E-state index contributed by atoms with van der Waals surface area (Å²) in [5, 5.41) is 9.02. The predicted octanol–water partition coefficient (Wildman–Crippen LogP) is 18.1. The number of hydrogen-bond acceptors (Lipinski definition) is 1. The molecule has 2 unspecified atom stereocenters. The van der Waals surface area contributed by atoms with Gasteiger partial charge in [-0.3, -0.25) is 4.57 Å². The molecular weight excluding hydrogens is 895 g/mol. The predicted molar refractivity (Wildman–Crippen MR) is 313 cm³/mol. The van der Waals surface area contributed by atoms with Crippen LogP contribution in [0.25, 0.3) is 111 Å². The van der Waals surface area contributed by atoms with E-state index in [-0.39, 0.29) is 12.0 Å². The second kappa shape index (κ2) is 18.3. The van der Waals surface area contributed by atoms with Gasteiger partial charge < -0.3 is 9.88 Å². The SMILES string of the molecule is C1=CC(C2C=C(c3ccc(-c4ccccc4)cc3)C=C(n3c4ccc(-c5ccccc5)cc4c4cc(-c5ccc6c(c5)c5cc(-c7ccccc7)ccc5n6-c5ccccc5)ccc43)N2)CC=C1c1ccccc1. The minimum atomic E-state index is 0.0474. The minimum absolute atomic E-state index is 0.0474. The van der Waals surface area contributed by atoms with Gasteiger partial charge in [-0.25, -0.2) is 0 Å². The molecule has 0 bridgehead atoms. The topological polar surface area (TPSA) is 21.9 Å². The van der Waals surface area contributed by atoms with Gasteiger partial charge in [0.05, 0.1) is 28.1 Å². The Morgan fingerprint density at radius 3 is 1.16 bits per heavy atom. The molecule has 0 amide bonds. The first-order valence-corrected chi connectivity index (χ1v) is 25.8. The Morgan fingerprint density at radius 2 is 0.703 bits per heavy atom. The lowest BCUT2D eigenvalue weighted by atomic mass is 9.85. The van der Waals surface area contributed by atoms with Crippen molar-refractivity contribution < 1.29 is 0 Å². The number of allylic oxidation sites excluding steroid dienone is 5. The van der Waals surface area contributed by atoms with E-state index in [4.69, 9.17) is 0 Å². The molecule has 12 aromatic rings. The molecule has 0 radical (unpaired) electrons. The van der Waals surface area contributed by atoms with Crippen LogP contribution in [0.4, 0.5) is 0 Å². The van der Waals surface area contributed by atoms with Crippen LogP contribution in [-0.4, -0.2) is 15.2 Å². The fourth-order valence-electron chi connectivity index (χ4n) is 11.6. The Hall–Kier alpha value is -9.44.